The highest BCUT2D eigenvalue weighted by molar-refractivity contribution is 7.47. The second-order valence-corrected chi connectivity index (χ2v) is 15.2. The van der Waals surface area contributed by atoms with Crippen LogP contribution in [-0.4, -0.2) is 98.3 Å². The molecule has 0 aliphatic heterocycles. The van der Waals surface area contributed by atoms with E-state index in [1.165, 1.54) is 32.1 Å². The number of esters is 2. The Morgan fingerprint density at radius 2 is 1.04 bits per heavy atom. The first-order chi connectivity index (χ1) is 26.4. The van der Waals surface area contributed by atoms with Gasteiger partial charge in [0.25, 0.3) is 0 Å². The van der Waals surface area contributed by atoms with E-state index in [2.05, 4.69) is 62.5 Å². The second kappa shape index (κ2) is 31.6. The zero-order chi connectivity index (χ0) is 40.7. The van der Waals surface area contributed by atoms with Crippen LogP contribution in [0.4, 0.5) is 0 Å². The molecule has 0 saturated heterocycles. The highest BCUT2D eigenvalue weighted by atomic mass is 31.2. The van der Waals surface area contributed by atoms with Crippen LogP contribution in [0.2, 0.25) is 0 Å². The maximum absolute atomic E-state index is 12.7. The third-order valence-corrected chi connectivity index (χ3v) is 9.86. The lowest BCUT2D eigenvalue weighted by Crippen LogP contribution is -2.64. The lowest BCUT2D eigenvalue weighted by molar-refractivity contribution is -0.220. The molecule has 6 unspecified atom stereocenters. The summed E-state index contributed by atoms with van der Waals surface area (Å²) in [5, 5.41) is 49.9. The predicted octanol–water partition coefficient (Wildman–Crippen LogP) is 6.60. The van der Waals surface area contributed by atoms with Crippen LogP contribution in [0.3, 0.4) is 0 Å². The number of carbonyl (C=O) groups is 2. The number of ether oxygens (including phenoxy) is 2. The molecule has 0 bridgehead atoms. The van der Waals surface area contributed by atoms with Crippen LogP contribution in [-0.2, 0) is 32.7 Å². The molecule has 13 nitrogen and oxygen atoms in total. The largest absolute Gasteiger partial charge is 0.472 e. The van der Waals surface area contributed by atoms with E-state index in [9.17, 15) is 44.6 Å². The van der Waals surface area contributed by atoms with Crippen LogP contribution < -0.4 is 0 Å². The fourth-order valence-corrected chi connectivity index (χ4v) is 6.59. The molecule has 1 aliphatic carbocycles. The van der Waals surface area contributed by atoms with Crippen LogP contribution in [0.5, 0.6) is 0 Å². The van der Waals surface area contributed by atoms with Crippen LogP contribution >= 0.6 is 7.82 Å². The van der Waals surface area contributed by atoms with Crippen LogP contribution in [0.1, 0.15) is 129 Å². The topological polar surface area (TPSA) is 210 Å². The van der Waals surface area contributed by atoms with E-state index < -0.39 is 75.7 Å². The van der Waals surface area contributed by atoms with Gasteiger partial charge in [-0.1, -0.05) is 126 Å². The smallest absolute Gasteiger partial charge is 0.462 e. The van der Waals surface area contributed by atoms with Crippen molar-refractivity contribution >= 4 is 19.8 Å². The van der Waals surface area contributed by atoms with Crippen molar-refractivity contribution in [2.45, 2.75) is 172 Å². The summed E-state index contributed by atoms with van der Waals surface area (Å²) >= 11 is 0. The zero-order valence-corrected chi connectivity index (χ0v) is 33.8. The van der Waals surface area contributed by atoms with Gasteiger partial charge in [0.2, 0.25) is 0 Å². The van der Waals surface area contributed by atoms with Gasteiger partial charge in [0.05, 0.1) is 6.61 Å². The average Bonchev–Trinajstić information content (AvgIpc) is 3.16. The van der Waals surface area contributed by atoms with Gasteiger partial charge in [-0.2, -0.15) is 0 Å². The quantitative estimate of drug-likeness (QED) is 0.0189. The van der Waals surface area contributed by atoms with Gasteiger partial charge in [0.1, 0.15) is 43.2 Å². The molecule has 0 radical (unpaired) electrons. The summed E-state index contributed by atoms with van der Waals surface area (Å²) in [6.07, 6.45) is 23.1. The van der Waals surface area contributed by atoms with Crippen molar-refractivity contribution in [1.82, 2.24) is 0 Å². The molecule has 1 fully saturated rings. The lowest BCUT2D eigenvalue weighted by atomic mass is 9.85. The Bertz CT molecular complexity index is 1200. The Hall–Kier alpha value is -2.45. The van der Waals surface area contributed by atoms with E-state index in [0.717, 1.165) is 51.4 Å². The summed E-state index contributed by atoms with van der Waals surface area (Å²) in [5.74, 6) is -1.18. The first-order valence-corrected chi connectivity index (χ1v) is 21.6. The Labute approximate surface area is 328 Å². The Morgan fingerprint density at radius 1 is 0.582 bits per heavy atom. The highest BCUT2D eigenvalue weighted by Gasteiger charge is 2.51. The van der Waals surface area contributed by atoms with Crippen molar-refractivity contribution in [3.05, 3.63) is 60.8 Å². The van der Waals surface area contributed by atoms with E-state index in [-0.39, 0.29) is 12.8 Å². The monoisotopic (exact) mass is 800 g/mol. The van der Waals surface area contributed by atoms with Gasteiger partial charge in [0, 0.05) is 12.8 Å². The number of aliphatic hydroxyl groups excluding tert-OH is 5. The van der Waals surface area contributed by atoms with Crippen molar-refractivity contribution in [2.75, 3.05) is 13.2 Å². The molecular weight excluding hydrogens is 731 g/mol. The molecule has 0 heterocycles. The number of hydrogen-bond donors (Lipinski definition) is 6. The SMILES string of the molecule is CC/C=C\C/C=C\C/C=C\C/C=C\C/C=C\CCCC(=O)O[C@H](COC(=O)CCCCCCCCCCC)COP(=O)(O)OC1C(O)C(O)C(O)[C@@H](O)C1O. The molecule has 1 rings (SSSR count). The molecule has 0 spiro atoms. The number of rotatable bonds is 31. The number of carbonyl (C=O) groups excluding carboxylic acids is 2. The Balaban J connectivity index is 2.57. The number of hydrogen-bond acceptors (Lipinski definition) is 12. The van der Waals surface area contributed by atoms with E-state index >= 15 is 0 Å². The number of allylic oxidation sites excluding steroid dienone is 10. The minimum absolute atomic E-state index is 0.0169. The standard InChI is InChI=1S/C41H69O13P/c1-3-5-7-9-11-13-14-15-16-17-18-19-20-22-24-26-28-30-35(43)53-33(31-51-34(42)29-27-25-23-21-12-10-8-6-4-2)32-52-55(49,50)54-41-39(47)37(45)36(44)38(46)40(41)48/h5,7,11,13,15-16,18-19,22,24,33,36-41,44-48H,3-4,6,8-10,12,14,17,20-21,23,25-32H2,1-2H3,(H,49,50)/b7-5-,13-11-,16-15-,19-18-,24-22-/t33-,36?,37-,38?,39?,40?,41?/m1/s1. The van der Waals surface area contributed by atoms with Gasteiger partial charge in [-0.25, -0.2) is 4.57 Å². The molecule has 14 heteroatoms. The Morgan fingerprint density at radius 3 is 1.56 bits per heavy atom. The van der Waals surface area contributed by atoms with Crippen molar-refractivity contribution in [1.29, 1.82) is 0 Å². The van der Waals surface area contributed by atoms with Gasteiger partial charge >= 0.3 is 19.8 Å². The minimum atomic E-state index is -5.13. The number of phosphoric acid groups is 1. The van der Waals surface area contributed by atoms with E-state index in [4.69, 9.17) is 18.5 Å². The molecular formula is C41H69O13P. The van der Waals surface area contributed by atoms with Crippen LogP contribution in [0.25, 0.3) is 0 Å². The first-order valence-electron chi connectivity index (χ1n) is 20.1. The summed E-state index contributed by atoms with van der Waals surface area (Å²) < 4.78 is 33.3. The van der Waals surface area contributed by atoms with Crippen molar-refractivity contribution in [3.8, 4) is 0 Å². The summed E-state index contributed by atoms with van der Waals surface area (Å²) in [7, 11) is -5.13. The second-order valence-electron chi connectivity index (χ2n) is 13.8. The molecule has 0 aromatic carbocycles. The summed E-state index contributed by atoms with van der Waals surface area (Å²) in [6.45, 7) is 3.07. The van der Waals surface area contributed by atoms with E-state index in [0.29, 0.717) is 19.3 Å². The van der Waals surface area contributed by atoms with Gasteiger partial charge < -0.3 is 39.9 Å². The molecule has 0 aromatic rings. The average molecular weight is 801 g/mol. The lowest BCUT2D eigenvalue weighted by Gasteiger charge is -2.41. The van der Waals surface area contributed by atoms with Crippen LogP contribution in [0, 0.1) is 0 Å². The number of phosphoric ester groups is 1. The molecule has 1 aliphatic rings. The molecule has 1 saturated carbocycles. The maximum atomic E-state index is 12.7. The Kier molecular flexibility index (Phi) is 29.1. The van der Waals surface area contributed by atoms with Crippen LogP contribution in [0.15, 0.2) is 60.8 Å². The van der Waals surface area contributed by atoms with Crippen molar-refractivity contribution < 1.29 is 63.1 Å². The van der Waals surface area contributed by atoms with Gasteiger partial charge in [-0.3, -0.25) is 18.6 Å². The minimum Gasteiger partial charge on any atom is -0.462 e. The summed E-state index contributed by atoms with van der Waals surface area (Å²) in [4.78, 5) is 35.4. The normalized spacial score (nSPS) is 23.7. The van der Waals surface area contributed by atoms with E-state index in [1.807, 2.05) is 12.2 Å². The zero-order valence-electron chi connectivity index (χ0n) is 32.9. The molecule has 55 heavy (non-hydrogen) atoms. The third kappa shape index (κ3) is 24.7. The van der Waals surface area contributed by atoms with Crippen molar-refractivity contribution in [2.24, 2.45) is 0 Å². The van der Waals surface area contributed by atoms with Crippen molar-refractivity contribution in [3.63, 3.8) is 0 Å². The van der Waals surface area contributed by atoms with Gasteiger partial charge in [-0.15, -0.1) is 0 Å². The fourth-order valence-electron chi connectivity index (χ4n) is 5.61. The number of aliphatic hydroxyl groups is 5. The summed E-state index contributed by atoms with van der Waals surface area (Å²) in [6, 6.07) is 0. The van der Waals surface area contributed by atoms with Gasteiger partial charge in [0.15, 0.2) is 6.10 Å². The molecule has 0 aromatic heterocycles. The highest BCUT2D eigenvalue weighted by Crippen LogP contribution is 2.47. The summed E-state index contributed by atoms with van der Waals surface area (Å²) in [5.41, 5.74) is 0. The number of unbranched alkanes of at least 4 members (excludes halogenated alkanes) is 9. The molecule has 316 valence electrons. The predicted molar refractivity (Wildman–Crippen MR) is 212 cm³/mol. The van der Waals surface area contributed by atoms with E-state index in [1.54, 1.807) is 0 Å². The first kappa shape index (κ1) is 50.6. The molecule has 0 amide bonds. The van der Waals surface area contributed by atoms with Gasteiger partial charge in [-0.05, 0) is 51.4 Å². The molecule has 6 N–H and O–H groups in total. The maximum Gasteiger partial charge on any atom is 0.472 e. The third-order valence-electron chi connectivity index (χ3n) is 8.87. The molecule has 8 atom stereocenters. The fraction of sp³-hybridized carbons (Fsp3) is 0.707.